The van der Waals surface area contributed by atoms with Crippen LogP contribution in [-0.4, -0.2) is 0 Å². The molecule has 1 rings (SSSR count). The van der Waals surface area contributed by atoms with Crippen molar-refractivity contribution in [2.45, 2.75) is 121 Å². The predicted octanol–water partition coefficient (Wildman–Crippen LogP) is 8.99. The van der Waals surface area contributed by atoms with Crippen molar-refractivity contribution < 1.29 is 0 Å². The van der Waals surface area contributed by atoms with E-state index in [9.17, 15) is 0 Å². The molecule has 0 saturated heterocycles. The fourth-order valence-electron chi connectivity index (χ4n) is 6.74. The molecule has 0 radical (unpaired) electrons. The highest BCUT2D eigenvalue weighted by Gasteiger charge is 2.48. The lowest BCUT2D eigenvalue weighted by Crippen LogP contribution is -2.47. The molecule has 0 aromatic heterocycles. The first kappa shape index (κ1) is 24.0. The highest BCUT2D eigenvalue weighted by molar-refractivity contribution is 4.97. The summed E-state index contributed by atoms with van der Waals surface area (Å²) in [6, 6.07) is 0. The van der Waals surface area contributed by atoms with Crippen molar-refractivity contribution in [1.29, 1.82) is 0 Å². The van der Waals surface area contributed by atoms with E-state index in [1.54, 1.807) is 0 Å². The fraction of sp³-hybridized carbons (Fsp3) is 1.00. The topological polar surface area (TPSA) is 0 Å². The third kappa shape index (κ3) is 4.70. The minimum atomic E-state index is 0.466. The predicted molar refractivity (Wildman–Crippen MR) is 119 cm³/mol. The van der Waals surface area contributed by atoms with Gasteiger partial charge in [-0.2, -0.15) is 0 Å². The molecule has 0 aromatic rings. The summed E-state index contributed by atoms with van der Waals surface area (Å²) in [5.41, 5.74) is 0.958. The molecule has 0 aliphatic heterocycles. The van der Waals surface area contributed by atoms with Crippen molar-refractivity contribution in [3.8, 4) is 0 Å². The van der Waals surface area contributed by atoms with Gasteiger partial charge in [-0.1, -0.05) is 121 Å². The Balaban J connectivity index is 3.29. The molecule has 26 heavy (non-hydrogen) atoms. The van der Waals surface area contributed by atoms with E-state index in [0.29, 0.717) is 10.8 Å². The van der Waals surface area contributed by atoms with Gasteiger partial charge in [0.1, 0.15) is 0 Å². The zero-order valence-electron chi connectivity index (χ0n) is 20.1. The van der Waals surface area contributed by atoms with Crippen LogP contribution in [-0.2, 0) is 0 Å². The summed E-state index contributed by atoms with van der Waals surface area (Å²) in [6.45, 7) is 25.1. The van der Waals surface area contributed by atoms with E-state index in [2.05, 4.69) is 69.2 Å². The van der Waals surface area contributed by atoms with E-state index < -0.39 is 0 Å². The van der Waals surface area contributed by atoms with E-state index in [-0.39, 0.29) is 0 Å². The van der Waals surface area contributed by atoms with E-state index in [1.165, 1.54) is 51.4 Å². The van der Waals surface area contributed by atoms with Gasteiger partial charge >= 0.3 is 0 Å². The summed E-state index contributed by atoms with van der Waals surface area (Å²) in [4.78, 5) is 0. The second-order valence-corrected chi connectivity index (χ2v) is 10.7. The lowest BCUT2D eigenvalue weighted by molar-refractivity contribution is -0.0504. The number of hydrogen-bond acceptors (Lipinski definition) is 0. The molecule has 0 aromatic carbocycles. The molecule has 6 unspecified atom stereocenters. The van der Waals surface area contributed by atoms with Gasteiger partial charge in [-0.25, -0.2) is 0 Å². The highest BCUT2D eigenvalue weighted by Crippen LogP contribution is 2.56. The van der Waals surface area contributed by atoms with Gasteiger partial charge in [0.05, 0.1) is 0 Å². The van der Waals surface area contributed by atoms with Gasteiger partial charge in [-0.3, -0.25) is 0 Å². The summed E-state index contributed by atoms with van der Waals surface area (Å²) < 4.78 is 0. The zero-order valence-corrected chi connectivity index (χ0v) is 20.1. The smallest absolute Gasteiger partial charge is 0.0272 e. The van der Waals surface area contributed by atoms with Gasteiger partial charge in [0.2, 0.25) is 0 Å². The van der Waals surface area contributed by atoms with Crippen LogP contribution in [0.3, 0.4) is 0 Å². The van der Waals surface area contributed by atoms with Gasteiger partial charge in [0, 0.05) is 0 Å². The minimum Gasteiger partial charge on any atom is -0.0651 e. The second-order valence-electron chi connectivity index (χ2n) is 10.7. The normalized spacial score (nSPS) is 24.2. The SMILES string of the molecule is CCC(C(C)C(C1CCC1)C(CC)C(C)(CC)C(C)CC)C(C)(C)CC. The monoisotopic (exact) mass is 364 g/mol. The molecule has 0 nitrogen and oxygen atoms in total. The summed E-state index contributed by atoms with van der Waals surface area (Å²) in [6.07, 6.45) is 11.1. The first-order valence-corrected chi connectivity index (χ1v) is 12.1. The molecular weight excluding hydrogens is 312 g/mol. The van der Waals surface area contributed by atoms with E-state index in [1.807, 2.05) is 0 Å². The first-order chi connectivity index (χ1) is 12.1. The molecule has 1 saturated carbocycles. The third-order valence-electron chi connectivity index (χ3n) is 9.54. The van der Waals surface area contributed by atoms with Gasteiger partial charge in [0.25, 0.3) is 0 Å². The Kier molecular flexibility index (Phi) is 9.22. The Hall–Kier alpha value is 0. The Morgan fingerprint density at radius 2 is 1.31 bits per heavy atom. The van der Waals surface area contributed by atoms with Crippen LogP contribution in [0.15, 0.2) is 0 Å². The Morgan fingerprint density at radius 1 is 0.769 bits per heavy atom. The van der Waals surface area contributed by atoms with Gasteiger partial charge in [-0.15, -0.1) is 0 Å². The summed E-state index contributed by atoms with van der Waals surface area (Å²) in [7, 11) is 0. The average Bonchev–Trinajstić information content (AvgIpc) is 2.58. The third-order valence-corrected chi connectivity index (χ3v) is 9.54. The second kappa shape index (κ2) is 9.97. The lowest BCUT2D eigenvalue weighted by atomic mass is 9.51. The Morgan fingerprint density at radius 3 is 1.62 bits per heavy atom. The van der Waals surface area contributed by atoms with Crippen molar-refractivity contribution in [2.75, 3.05) is 0 Å². The summed E-state index contributed by atoms with van der Waals surface area (Å²) >= 11 is 0. The van der Waals surface area contributed by atoms with Crippen LogP contribution >= 0.6 is 0 Å². The van der Waals surface area contributed by atoms with E-state index >= 15 is 0 Å². The van der Waals surface area contributed by atoms with Crippen LogP contribution in [0.5, 0.6) is 0 Å². The Labute approximate surface area is 167 Å². The van der Waals surface area contributed by atoms with Crippen LogP contribution in [0.4, 0.5) is 0 Å². The molecule has 0 heteroatoms. The molecular formula is C26H52. The number of rotatable bonds is 12. The molecule has 0 bridgehead atoms. The molecule has 0 spiro atoms. The van der Waals surface area contributed by atoms with Crippen LogP contribution < -0.4 is 0 Å². The molecule has 1 aliphatic rings. The first-order valence-electron chi connectivity index (χ1n) is 12.1. The summed E-state index contributed by atoms with van der Waals surface area (Å²) in [5.74, 6) is 5.32. The largest absolute Gasteiger partial charge is 0.0651 e. The molecule has 0 amide bonds. The van der Waals surface area contributed by atoms with Gasteiger partial charge < -0.3 is 0 Å². The summed E-state index contributed by atoms with van der Waals surface area (Å²) in [5, 5.41) is 0. The standard InChI is InChI=1S/C26H52/c1-11-19(6)26(10,15-5)23(13-3)24(21-17-16-18-21)20(7)22(12-2)25(8,9)14-4/h19-24H,11-18H2,1-10H3. The lowest BCUT2D eigenvalue weighted by Gasteiger charge is -2.54. The molecule has 1 aliphatic carbocycles. The van der Waals surface area contributed by atoms with Crippen LogP contribution in [0.1, 0.15) is 121 Å². The Bertz CT molecular complexity index is 391. The molecule has 1 fully saturated rings. The van der Waals surface area contributed by atoms with Crippen LogP contribution in [0.2, 0.25) is 0 Å². The van der Waals surface area contributed by atoms with Crippen molar-refractivity contribution in [3.63, 3.8) is 0 Å². The highest BCUT2D eigenvalue weighted by atomic mass is 14.5. The maximum atomic E-state index is 2.64. The molecule has 0 heterocycles. The average molecular weight is 365 g/mol. The van der Waals surface area contributed by atoms with Crippen molar-refractivity contribution in [2.24, 2.45) is 46.3 Å². The van der Waals surface area contributed by atoms with Crippen molar-refractivity contribution in [1.82, 2.24) is 0 Å². The fourth-order valence-corrected chi connectivity index (χ4v) is 6.74. The van der Waals surface area contributed by atoms with Crippen molar-refractivity contribution >= 4 is 0 Å². The molecule has 156 valence electrons. The molecule has 6 atom stereocenters. The maximum Gasteiger partial charge on any atom is -0.0272 e. The van der Waals surface area contributed by atoms with Crippen LogP contribution in [0.25, 0.3) is 0 Å². The van der Waals surface area contributed by atoms with E-state index in [4.69, 9.17) is 0 Å². The minimum absolute atomic E-state index is 0.466. The maximum absolute atomic E-state index is 2.64. The van der Waals surface area contributed by atoms with Crippen LogP contribution in [0, 0.1) is 46.3 Å². The zero-order chi connectivity index (χ0) is 20.1. The van der Waals surface area contributed by atoms with Gasteiger partial charge in [0.15, 0.2) is 0 Å². The number of hydrogen-bond donors (Lipinski definition) is 0. The van der Waals surface area contributed by atoms with Gasteiger partial charge in [-0.05, 0) is 46.3 Å². The van der Waals surface area contributed by atoms with Crippen molar-refractivity contribution in [3.05, 3.63) is 0 Å². The molecule has 0 N–H and O–H groups in total. The quantitative estimate of drug-likeness (QED) is 0.324. The van der Waals surface area contributed by atoms with E-state index in [0.717, 1.165) is 35.5 Å².